The fourth-order valence-electron chi connectivity index (χ4n) is 7.42. The van der Waals surface area contributed by atoms with Crippen molar-refractivity contribution in [2.75, 3.05) is 13.2 Å². The Kier molecular flexibility index (Phi) is 9.23. The summed E-state index contributed by atoms with van der Waals surface area (Å²) in [4.78, 5) is 50.0. The first-order valence-electron chi connectivity index (χ1n) is 17.9. The van der Waals surface area contributed by atoms with E-state index in [-0.39, 0.29) is 49.7 Å². The van der Waals surface area contributed by atoms with Crippen LogP contribution in [0, 0.1) is 0 Å². The van der Waals surface area contributed by atoms with E-state index < -0.39 is 147 Å². The average molecular weight is 869 g/mol. The highest BCUT2D eigenvalue weighted by Gasteiger charge is 2.45. The van der Waals surface area contributed by atoms with Gasteiger partial charge in [-0.15, -0.1) is 0 Å². The fraction of sp³-hybridized carbons (Fsp3) is 0.263. The van der Waals surface area contributed by atoms with E-state index in [9.17, 15) is 80.5 Å². The summed E-state index contributed by atoms with van der Waals surface area (Å²) >= 11 is 0. The van der Waals surface area contributed by atoms with Gasteiger partial charge in [0.05, 0.1) is 34.8 Å². The van der Waals surface area contributed by atoms with Gasteiger partial charge in [-0.1, -0.05) is 0 Å². The van der Waals surface area contributed by atoms with Crippen molar-refractivity contribution >= 4 is 65.4 Å². The molecule has 0 bridgehead atoms. The summed E-state index contributed by atoms with van der Waals surface area (Å²) in [5.41, 5.74) is -5.94. The van der Waals surface area contributed by atoms with E-state index >= 15 is 0 Å². The second-order valence-corrected chi connectivity index (χ2v) is 14.2. The third kappa shape index (κ3) is 5.85. The number of aromatic hydroxyl groups is 6. The molecule has 8 unspecified atom stereocenters. The first-order valence-corrected chi connectivity index (χ1v) is 17.9. The van der Waals surface area contributed by atoms with E-state index in [0.717, 1.165) is 24.3 Å². The van der Waals surface area contributed by atoms with Crippen LogP contribution in [-0.4, -0.2) is 124 Å². The third-order valence-electron chi connectivity index (χ3n) is 10.5. The van der Waals surface area contributed by atoms with Crippen LogP contribution in [0.5, 0.6) is 46.0 Å². The van der Waals surface area contributed by atoms with E-state index in [1.54, 1.807) is 0 Å². The summed E-state index contributed by atoms with van der Waals surface area (Å²) in [5.74, 6) is -5.32. The van der Waals surface area contributed by atoms with E-state index in [0.29, 0.717) is 0 Å². The van der Waals surface area contributed by atoms with Gasteiger partial charge in [0.15, 0.2) is 45.3 Å². The van der Waals surface area contributed by atoms with Gasteiger partial charge in [-0.3, -0.25) is 0 Å². The van der Waals surface area contributed by atoms with Crippen LogP contribution in [-0.2, 0) is 9.47 Å². The van der Waals surface area contributed by atoms with E-state index in [1.807, 2.05) is 0 Å². The minimum absolute atomic E-state index is 0.0640. The van der Waals surface area contributed by atoms with Crippen LogP contribution in [0.1, 0.15) is 0 Å². The van der Waals surface area contributed by atoms with Gasteiger partial charge < -0.3 is 97.9 Å². The molecule has 8 atom stereocenters. The predicted molar refractivity (Wildman–Crippen MR) is 201 cm³/mol. The number of aliphatic hydroxyl groups is 6. The van der Waals surface area contributed by atoms with Crippen LogP contribution >= 0.6 is 0 Å². The number of ether oxygens (including phenoxy) is 4. The maximum absolute atomic E-state index is 12.6. The lowest BCUT2D eigenvalue weighted by atomic mass is 10.0. The van der Waals surface area contributed by atoms with Crippen molar-refractivity contribution in [1.29, 1.82) is 0 Å². The molecule has 24 heteroatoms. The highest BCUT2D eigenvalue weighted by molar-refractivity contribution is 6.23. The highest BCUT2D eigenvalue weighted by Crippen LogP contribution is 2.47. The molecular weight excluding hydrogens is 840 g/mol. The molecule has 324 valence electrons. The van der Waals surface area contributed by atoms with Gasteiger partial charge in [-0.2, -0.15) is 0 Å². The van der Waals surface area contributed by atoms with Crippen molar-refractivity contribution in [3.8, 4) is 46.0 Å². The number of rotatable bonds is 5. The van der Waals surface area contributed by atoms with Crippen molar-refractivity contribution in [2.45, 2.75) is 49.2 Å². The van der Waals surface area contributed by atoms with Gasteiger partial charge >= 0.3 is 22.5 Å². The molecule has 62 heavy (non-hydrogen) atoms. The normalized spacial score (nSPS) is 24.2. The van der Waals surface area contributed by atoms with Crippen molar-refractivity contribution in [3.05, 3.63) is 65.9 Å². The molecule has 6 heterocycles. The minimum Gasteiger partial charge on any atom is -0.504 e. The van der Waals surface area contributed by atoms with Gasteiger partial charge in [0, 0.05) is 21.5 Å². The maximum Gasteiger partial charge on any atom is 0.344 e. The van der Waals surface area contributed by atoms with Crippen LogP contribution in [0.25, 0.3) is 65.4 Å². The summed E-state index contributed by atoms with van der Waals surface area (Å²) in [7, 11) is 0. The Bertz CT molecular complexity index is 3150. The third-order valence-corrected chi connectivity index (χ3v) is 10.5. The lowest BCUT2D eigenvalue weighted by Crippen LogP contribution is -2.54. The maximum atomic E-state index is 12.6. The number of hydrogen-bond donors (Lipinski definition) is 12. The predicted octanol–water partition coefficient (Wildman–Crippen LogP) is -1.15. The number of phenols is 6. The van der Waals surface area contributed by atoms with Gasteiger partial charge in [-0.25, -0.2) is 19.2 Å². The molecule has 0 amide bonds. The lowest BCUT2D eigenvalue weighted by Gasteiger charge is -2.35. The van der Waals surface area contributed by atoms with Crippen molar-refractivity contribution < 1.29 is 97.9 Å². The number of phenolic OH excluding ortho intramolecular Hbond substituents is 6. The Morgan fingerprint density at radius 2 is 0.871 bits per heavy atom. The van der Waals surface area contributed by atoms with E-state index in [1.165, 1.54) is 0 Å². The summed E-state index contributed by atoms with van der Waals surface area (Å²) in [5, 5.41) is 118. The Balaban J connectivity index is 0.000000158. The zero-order valence-electron chi connectivity index (χ0n) is 30.6. The van der Waals surface area contributed by atoms with Crippen LogP contribution in [0.2, 0.25) is 0 Å². The molecule has 24 nitrogen and oxygen atoms in total. The first kappa shape index (κ1) is 40.3. The molecule has 2 aliphatic rings. The van der Waals surface area contributed by atoms with Crippen LogP contribution in [0.15, 0.2) is 61.1 Å². The second kappa shape index (κ2) is 14.2. The number of hydrogen-bond acceptors (Lipinski definition) is 24. The van der Waals surface area contributed by atoms with Crippen molar-refractivity contribution in [3.63, 3.8) is 0 Å². The van der Waals surface area contributed by atoms with Gasteiger partial charge in [0.2, 0.25) is 35.6 Å². The molecule has 2 aliphatic heterocycles. The molecule has 4 aromatic heterocycles. The summed E-state index contributed by atoms with van der Waals surface area (Å²) in [6.07, 6.45) is -11.9. The summed E-state index contributed by atoms with van der Waals surface area (Å²) < 4.78 is 41.5. The zero-order valence-corrected chi connectivity index (χ0v) is 30.6. The number of aliphatic hydroxyl groups excluding tert-OH is 6. The Labute approximate surface area is 337 Å². The SMILES string of the molecule is O=c1oc2c(O)c(OC3OC(CO)C(O)C3O)cc3c(=O)oc4c(O)c(O)cc1c4c23.O=c1oc2c(O)c(OC3OCC(O)C(O)C3O)cc3c(=O)oc4c(O)c(O)cc1c4c23. The van der Waals surface area contributed by atoms with Gasteiger partial charge in [-0.05, 0) is 24.3 Å². The Morgan fingerprint density at radius 1 is 0.500 bits per heavy atom. The standard InChI is InChI=1S/2C19H14O12/c20-6-1-4-9-10-5(18(27)30-15(9)12(6)23)2-8(13(24)16(10)31-17(4)26)29-19-14(25)11(22)7(21)3-28-19;20-3-8-12(23)14(25)19(29-8)28-7-2-5-10-9-4(17(26)31-16(10)13(7)24)1-6(21)11(22)15(9)30-18(5)27/h1-2,7,11,14,19-25H,3H2;1-2,8,12,14,19-25H,3H2. The lowest BCUT2D eigenvalue weighted by molar-refractivity contribution is -0.242. The molecule has 12 N–H and O–H groups in total. The molecule has 2 saturated heterocycles. The van der Waals surface area contributed by atoms with E-state index in [4.69, 9.17) is 36.6 Å². The minimum atomic E-state index is -1.70. The van der Waals surface area contributed by atoms with Gasteiger partial charge in [0.1, 0.15) is 36.6 Å². The summed E-state index contributed by atoms with van der Waals surface area (Å²) in [6, 6.07) is 3.95. The largest absolute Gasteiger partial charge is 0.504 e. The van der Waals surface area contributed by atoms with Gasteiger partial charge in [0.25, 0.3) is 0 Å². The molecule has 4 aromatic carbocycles. The quantitative estimate of drug-likeness (QED) is 0.0552. The van der Waals surface area contributed by atoms with Crippen LogP contribution in [0.3, 0.4) is 0 Å². The molecule has 0 spiro atoms. The Hall–Kier alpha value is -7.16. The smallest absolute Gasteiger partial charge is 0.344 e. The topological polar surface area (TPSA) is 401 Å². The van der Waals surface area contributed by atoms with Crippen LogP contribution in [0.4, 0.5) is 0 Å². The zero-order chi connectivity index (χ0) is 44.4. The van der Waals surface area contributed by atoms with E-state index in [2.05, 4.69) is 0 Å². The molecule has 2 fully saturated rings. The molecule has 0 radical (unpaired) electrons. The summed E-state index contributed by atoms with van der Waals surface area (Å²) in [6.45, 7) is -0.989. The average Bonchev–Trinajstić information content (AvgIpc) is 3.51. The second-order valence-electron chi connectivity index (χ2n) is 14.2. The first-order chi connectivity index (χ1) is 29.4. The number of benzene rings is 4. The monoisotopic (exact) mass is 868 g/mol. The highest BCUT2D eigenvalue weighted by atomic mass is 16.7. The Morgan fingerprint density at radius 3 is 1.27 bits per heavy atom. The fourth-order valence-corrected chi connectivity index (χ4v) is 7.42. The van der Waals surface area contributed by atoms with Crippen molar-refractivity contribution in [1.82, 2.24) is 0 Å². The molecule has 0 saturated carbocycles. The molecule has 8 aromatic rings. The molecule has 0 aliphatic carbocycles. The van der Waals surface area contributed by atoms with Crippen molar-refractivity contribution in [2.24, 2.45) is 0 Å². The molecule has 10 rings (SSSR count). The van der Waals surface area contributed by atoms with Crippen LogP contribution < -0.4 is 32.0 Å². The molecular formula is C38H28O24.